The van der Waals surface area contributed by atoms with Crippen LogP contribution in [-0.4, -0.2) is 30.7 Å². The van der Waals surface area contributed by atoms with E-state index in [0.29, 0.717) is 11.5 Å². The summed E-state index contributed by atoms with van der Waals surface area (Å²) in [7, 11) is 0. The minimum absolute atomic E-state index is 0.354. The Morgan fingerprint density at radius 2 is 2.41 bits per heavy atom. The number of nitrogens with one attached hydrogen (secondary N) is 2. The lowest BCUT2D eigenvalue weighted by atomic mass is 9.80. The maximum Gasteiger partial charge on any atom is 0.0300 e. The van der Waals surface area contributed by atoms with Gasteiger partial charge in [0.2, 0.25) is 0 Å². The molecule has 17 heavy (non-hydrogen) atoms. The Morgan fingerprint density at radius 3 is 3.12 bits per heavy atom. The number of hydrogen-bond acceptors (Lipinski definition) is 3. The third-order valence-electron chi connectivity index (χ3n) is 3.66. The number of rotatable bonds is 4. The van der Waals surface area contributed by atoms with Crippen molar-refractivity contribution in [2.75, 3.05) is 19.6 Å². The van der Waals surface area contributed by atoms with Gasteiger partial charge in [0.25, 0.3) is 0 Å². The molecule has 1 aliphatic rings. The van der Waals surface area contributed by atoms with Crippen molar-refractivity contribution < 1.29 is 0 Å². The van der Waals surface area contributed by atoms with Gasteiger partial charge in [-0.05, 0) is 43.0 Å². The van der Waals surface area contributed by atoms with E-state index in [0.717, 1.165) is 26.1 Å². The van der Waals surface area contributed by atoms with Crippen LogP contribution in [0, 0.1) is 5.41 Å². The first-order valence-corrected chi connectivity index (χ1v) is 6.51. The van der Waals surface area contributed by atoms with Crippen LogP contribution in [0.5, 0.6) is 0 Å². The van der Waals surface area contributed by atoms with Gasteiger partial charge in [0.05, 0.1) is 0 Å². The molecule has 0 spiro atoms. The van der Waals surface area contributed by atoms with Gasteiger partial charge >= 0.3 is 0 Å². The van der Waals surface area contributed by atoms with E-state index in [4.69, 9.17) is 0 Å². The van der Waals surface area contributed by atoms with Gasteiger partial charge in [0.15, 0.2) is 0 Å². The van der Waals surface area contributed by atoms with Crippen LogP contribution in [0.15, 0.2) is 24.5 Å². The predicted molar refractivity (Wildman–Crippen MR) is 71.0 cm³/mol. The minimum atomic E-state index is 0.354. The standard InChI is InChI=1S/C14H23N3/c1-14(2)11-16-8-6-13(14)17-9-5-12-4-3-7-15-10-12/h3-4,7,10,13,16-17H,5-6,8-9,11H2,1-2H3. The lowest BCUT2D eigenvalue weighted by Crippen LogP contribution is -2.53. The largest absolute Gasteiger partial charge is 0.316 e. The smallest absolute Gasteiger partial charge is 0.0300 e. The van der Waals surface area contributed by atoms with Crippen LogP contribution in [-0.2, 0) is 6.42 Å². The monoisotopic (exact) mass is 233 g/mol. The first-order chi connectivity index (χ1) is 8.18. The fraction of sp³-hybridized carbons (Fsp3) is 0.643. The second-order valence-corrected chi connectivity index (χ2v) is 5.57. The highest BCUT2D eigenvalue weighted by Crippen LogP contribution is 2.24. The molecule has 0 aliphatic carbocycles. The number of pyridine rings is 1. The molecule has 0 amide bonds. The number of hydrogen-bond donors (Lipinski definition) is 2. The molecule has 1 atom stereocenters. The van der Waals surface area contributed by atoms with Crippen molar-refractivity contribution in [2.45, 2.75) is 32.7 Å². The molecule has 1 unspecified atom stereocenters. The molecule has 1 saturated heterocycles. The van der Waals surface area contributed by atoms with Crippen molar-refractivity contribution in [1.29, 1.82) is 0 Å². The maximum absolute atomic E-state index is 4.14. The van der Waals surface area contributed by atoms with E-state index in [1.165, 1.54) is 12.0 Å². The zero-order valence-electron chi connectivity index (χ0n) is 10.9. The fourth-order valence-corrected chi connectivity index (χ4v) is 2.49. The summed E-state index contributed by atoms with van der Waals surface area (Å²) in [5.74, 6) is 0. The summed E-state index contributed by atoms with van der Waals surface area (Å²) >= 11 is 0. The molecule has 1 aliphatic heterocycles. The second-order valence-electron chi connectivity index (χ2n) is 5.57. The van der Waals surface area contributed by atoms with Crippen molar-refractivity contribution in [3.63, 3.8) is 0 Å². The van der Waals surface area contributed by atoms with E-state index in [9.17, 15) is 0 Å². The van der Waals surface area contributed by atoms with Crippen LogP contribution < -0.4 is 10.6 Å². The highest BCUT2D eigenvalue weighted by Gasteiger charge is 2.31. The van der Waals surface area contributed by atoms with Gasteiger partial charge < -0.3 is 10.6 Å². The summed E-state index contributed by atoms with van der Waals surface area (Å²) in [6, 6.07) is 4.77. The minimum Gasteiger partial charge on any atom is -0.316 e. The van der Waals surface area contributed by atoms with Crippen LogP contribution in [0.1, 0.15) is 25.8 Å². The van der Waals surface area contributed by atoms with Gasteiger partial charge in [-0.3, -0.25) is 4.98 Å². The van der Waals surface area contributed by atoms with Gasteiger partial charge in [-0.15, -0.1) is 0 Å². The zero-order chi connectivity index (χ0) is 12.1. The average molecular weight is 233 g/mol. The molecule has 94 valence electrons. The molecule has 1 fully saturated rings. The Hall–Kier alpha value is -0.930. The van der Waals surface area contributed by atoms with Crippen molar-refractivity contribution in [3.05, 3.63) is 30.1 Å². The summed E-state index contributed by atoms with van der Waals surface area (Å²) in [4.78, 5) is 4.14. The van der Waals surface area contributed by atoms with Crippen molar-refractivity contribution >= 4 is 0 Å². The first-order valence-electron chi connectivity index (χ1n) is 6.51. The number of nitrogens with zero attached hydrogens (tertiary/aromatic N) is 1. The van der Waals surface area contributed by atoms with E-state index >= 15 is 0 Å². The fourth-order valence-electron chi connectivity index (χ4n) is 2.49. The number of aromatic nitrogens is 1. The molecule has 2 N–H and O–H groups in total. The van der Waals surface area contributed by atoms with Gasteiger partial charge in [0.1, 0.15) is 0 Å². The molecule has 0 radical (unpaired) electrons. The quantitative estimate of drug-likeness (QED) is 0.829. The van der Waals surface area contributed by atoms with Crippen LogP contribution >= 0.6 is 0 Å². The molecule has 2 heterocycles. The molecule has 2 rings (SSSR count). The molecule has 0 saturated carbocycles. The Labute approximate surface area is 104 Å². The normalized spacial score (nSPS) is 23.5. The summed E-state index contributed by atoms with van der Waals surface area (Å²) in [5.41, 5.74) is 1.67. The topological polar surface area (TPSA) is 37.0 Å². The van der Waals surface area contributed by atoms with E-state index in [-0.39, 0.29) is 0 Å². The molecule has 0 aromatic carbocycles. The summed E-state index contributed by atoms with van der Waals surface area (Å²) in [6.07, 6.45) is 6.07. The zero-order valence-corrected chi connectivity index (χ0v) is 10.9. The second kappa shape index (κ2) is 5.61. The van der Waals surface area contributed by atoms with Gasteiger partial charge in [-0.2, -0.15) is 0 Å². The third-order valence-corrected chi connectivity index (χ3v) is 3.66. The van der Waals surface area contributed by atoms with Gasteiger partial charge in [-0.25, -0.2) is 0 Å². The van der Waals surface area contributed by atoms with E-state index < -0.39 is 0 Å². The molecule has 1 aromatic rings. The average Bonchev–Trinajstić information content (AvgIpc) is 2.32. The van der Waals surface area contributed by atoms with Crippen molar-refractivity contribution in [3.8, 4) is 0 Å². The Bertz CT molecular complexity index is 335. The molecule has 3 heteroatoms. The van der Waals surface area contributed by atoms with Crippen molar-refractivity contribution in [1.82, 2.24) is 15.6 Å². The summed E-state index contributed by atoms with van der Waals surface area (Å²) < 4.78 is 0. The molecule has 0 bridgehead atoms. The lowest BCUT2D eigenvalue weighted by molar-refractivity contribution is 0.186. The Balaban J connectivity index is 1.78. The van der Waals surface area contributed by atoms with Crippen LogP contribution in [0.2, 0.25) is 0 Å². The Morgan fingerprint density at radius 1 is 1.53 bits per heavy atom. The molecular weight excluding hydrogens is 210 g/mol. The van der Waals surface area contributed by atoms with E-state index in [2.05, 4.69) is 35.5 Å². The molecular formula is C14H23N3. The maximum atomic E-state index is 4.14. The lowest BCUT2D eigenvalue weighted by Gasteiger charge is -2.39. The highest BCUT2D eigenvalue weighted by atomic mass is 15.0. The third kappa shape index (κ3) is 3.51. The van der Waals surface area contributed by atoms with E-state index in [1.807, 2.05) is 18.5 Å². The van der Waals surface area contributed by atoms with Gasteiger partial charge in [0, 0.05) is 25.0 Å². The van der Waals surface area contributed by atoms with E-state index in [1.54, 1.807) is 0 Å². The SMILES string of the molecule is CC1(C)CNCCC1NCCc1cccnc1. The van der Waals surface area contributed by atoms with Crippen molar-refractivity contribution in [2.24, 2.45) is 5.41 Å². The highest BCUT2D eigenvalue weighted by molar-refractivity contribution is 5.08. The van der Waals surface area contributed by atoms with Crippen LogP contribution in [0.25, 0.3) is 0 Å². The van der Waals surface area contributed by atoms with Gasteiger partial charge in [-0.1, -0.05) is 19.9 Å². The Kier molecular flexibility index (Phi) is 4.13. The number of piperidine rings is 1. The first kappa shape index (κ1) is 12.5. The molecule has 1 aromatic heterocycles. The van der Waals surface area contributed by atoms with Crippen LogP contribution in [0.4, 0.5) is 0 Å². The summed E-state index contributed by atoms with van der Waals surface area (Å²) in [6.45, 7) is 7.95. The summed E-state index contributed by atoms with van der Waals surface area (Å²) in [5, 5.41) is 7.16. The predicted octanol–water partition coefficient (Wildman–Crippen LogP) is 1.60. The van der Waals surface area contributed by atoms with Crippen LogP contribution in [0.3, 0.4) is 0 Å². The molecule has 3 nitrogen and oxygen atoms in total.